The lowest BCUT2D eigenvalue weighted by Gasteiger charge is -2.36. The number of morpholine rings is 1. The SMILES string of the molecule is CC(C)(C)[Si](C)(C)OCc1ccc(NC(=O)Nc2ccc(-c3nc(C#N)c(F)c(N4CCOCC4)n3)cc2)cc1C(F)(F)F. The maximum atomic E-state index is 14.8. The zero-order valence-corrected chi connectivity index (χ0v) is 26.1. The number of aromatic nitrogens is 2. The number of halogens is 4. The van der Waals surface area contributed by atoms with Gasteiger partial charge < -0.3 is 24.7 Å². The van der Waals surface area contributed by atoms with E-state index in [0.29, 0.717) is 37.6 Å². The van der Waals surface area contributed by atoms with Crippen molar-refractivity contribution in [1.82, 2.24) is 9.97 Å². The number of hydrogen-bond acceptors (Lipinski definition) is 7. The van der Waals surface area contributed by atoms with E-state index in [1.807, 2.05) is 33.9 Å². The standard InChI is InChI=1S/C30H34F4N6O3Si/c1-29(2,3)44(4,5)43-18-20-8-11-22(16-23(20)30(32,33)34)37-28(41)36-21-9-6-19(7-10-21)26-38-24(17-35)25(31)27(39-26)40-12-14-42-15-13-40/h6-11,16H,12-15,18H2,1-5H3,(H2,36,37,41). The summed E-state index contributed by atoms with van der Waals surface area (Å²) < 4.78 is 67.9. The van der Waals surface area contributed by atoms with Crippen LogP contribution in [0.15, 0.2) is 42.5 Å². The molecule has 14 heteroatoms. The topological polar surface area (TPSA) is 112 Å². The average Bonchev–Trinajstić information content (AvgIpc) is 2.96. The van der Waals surface area contributed by atoms with E-state index >= 15 is 0 Å². The van der Waals surface area contributed by atoms with Crippen LogP contribution in [0.4, 0.5) is 39.5 Å². The van der Waals surface area contributed by atoms with E-state index in [1.165, 1.54) is 24.3 Å². The van der Waals surface area contributed by atoms with Crippen LogP contribution in [-0.2, 0) is 21.9 Å². The van der Waals surface area contributed by atoms with Crippen LogP contribution in [0.2, 0.25) is 18.1 Å². The van der Waals surface area contributed by atoms with Crippen molar-refractivity contribution < 1.29 is 31.5 Å². The molecule has 0 radical (unpaired) electrons. The summed E-state index contributed by atoms with van der Waals surface area (Å²) in [5.74, 6) is -0.678. The molecule has 0 spiro atoms. The van der Waals surface area contributed by atoms with Crippen LogP contribution in [0.5, 0.6) is 0 Å². The summed E-state index contributed by atoms with van der Waals surface area (Å²) in [6, 6.07) is 10.8. The third-order valence-electron chi connectivity index (χ3n) is 7.72. The molecule has 1 fully saturated rings. The molecule has 2 heterocycles. The molecule has 44 heavy (non-hydrogen) atoms. The van der Waals surface area contributed by atoms with E-state index in [0.717, 1.165) is 6.07 Å². The van der Waals surface area contributed by atoms with Crippen molar-refractivity contribution >= 4 is 31.5 Å². The van der Waals surface area contributed by atoms with Gasteiger partial charge >= 0.3 is 12.2 Å². The van der Waals surface area contributed by atoms with Crippen LogP contribution >= 0.6 is 0 Å². The molecule has 0 atom stereocenters. The molecule has 2 N–H and O–H groups in total. The van der Waals surface area contributed by atoms with E-state index in [9.17, 15) is 27.6 Å². The Morgan fingerprint density at radius 2 is 1.66 bits per heavy atom. The zero-order valence-electron chi connectivity index (χ0n) is 25.1. The van der Waals surface area contributed by atoms with Crippen LogP contribution in [0.1, 0.15) is 37.6 Å². The van der Waals surface area contributed by atoms with Crippen molar-refractivity contribution in [2.45, 2.75) is 51.7 Å². The van der Waals surface area contributed by atoms with Crippen molar-refractivity contribution in [2.75, 3.05) is 41.8 Å². The maximum absolute atomic E-state index is 14.8. The first-order valence-electron chi connectivity index (χ1n) is 13.9. The van der Waals surface area contributed by atoms with Gasteiger partial charge in [0.1, 0.15) is 6.07 Å². The lowest BCUT2D eigenvalue weighted by atomic mass is 10.1. The van der Waals surface area contributed by atoms with Gasteiger partial charge in [-0.15, -0.1) is 0 Å². The molecule has 9 nitrogen and oxygen atoms in total. The minimum absolute atomic E-state index is 0.00669. The Morgan fingerprint density at radius 3 is 2.25 bits per heavy atom. The van der Waals surface area contributed by atoms with Crippen LogP contribution in [0.3, 0.4) is 0 Å². The number of nitriles is 1. The fourth-order valence-corrected chi connectivity index (χ4v) is 5.09. The van der Waals surface area contributed by atoms with Crippen molar-refractivity contribution in [1.29, 1.82) is 5.26 Å². The number of rotatable bonds is 7. The fraction of sp³-hybridized carbons (Fsp3) is 0.400. The zero-order chi connectivity index (χ0) is 32.3. The van der Waals surface area contributed by atoms with Crippen molar-refractivity contribution in [3.63, 3.8) is 0 Å². The highest BCUT2D eigenvalue weighted by atomic mass is 28.4. The molecular formula is C30H34F4N6O3Si. The molecule has 2 aromatic carbocycles. The van der Waals surface area contributed by atoms with Crippen LogP contribution in [0, 0.1) is 17.1 Å². The summed E-state index contributed by atoms with van der Waals surface area (Å²) >= 11 is 0. The fourth-order valence-electron chi connectivity index (χ4n) is 4.14. The summed E-state index contributed by atoms with van der Waals surface area (Å²) in [5.41, 5.74) is -0.533. The number of alkyl halides is 3. The molecule has 0 bridgehead atoms. The molecule has 0 aliphatic carbocycles. The van der Waals surface area contributed by atoms with Gasteiger partial charge in [-0.05, 0) is 60.1 Å². The molecule has 0 saturated carbocycles. The Labute approximate surface area is 254 Å². The number of amides is 2. The Balaban J connectivity index is 1.47. The Kier molecular flexibility index (Phi) is 9.62. The summed E-state index contributed by atoms with van der Waals surface area (Å²) in [6.07, 6.45) is -4.65. The minimum atomic E-state index is -4.65. The molecule has 234 valence electrons. The predicted octanol–water partition coefficient (Wildman–Crippen LogP) is 7.18. The highest BCUT2D eigenvalue weighted by molar-refractivity contribution is 6.74. The lowest BCUT2D eigenvalue weighted by Crippen LogP contribution is -2.40. The first-order chi connectivity index (χ1) is 20.6. The third kappa shape index (κ3) is 7.71. The number of nitrogens with one attached hydrogen (secondary N) is 2. The smallest absolute Gasteiger partial charge is 0.413 e. The van der Waals surface area contributed by atoms with E-state index in [-0.39, 0.29) is 34.5 Å². The van der Waals surface area contributed by atoms with E-state index in [2.05, 4.69) is 20.6 Å². The average molecular weight is 631 g/mol. The van der Waals surface area contributed by atoms with E-state index in [1.54, 1.807) is 23.1 Å². The number of carbonyl (C=O) groups is 1. The highest BCUT2D eigenvalue weighted by Gasteiger charge is 2.39. The molecule has 1 aliphatic heterocycles. The van der Waals surface area contributed by atoms with Crippen LogP contribution in [-0.4, -0.2) is 50.6 Å². The first-order valence-corrected chi connectivity index (χ1v) is 16.8. The molecule has 3 aromatic rings. The molecule has 2 amide bonds. The first kappa shape index (κ1) is 32.8. The van der Waals surface area contributed by atoms with Gasteiger partial charge in [-0.1, -0.05) is 26.8 Å². The summed E-state index contributed by atoms with van der Waals surface area (Å²) in [6.45, 7) is 11.4. The third-order valence-corrected chi connectivity index (χ3v) is 12.2. The minimum Gasteiger partial charge on any atom is -0.413 e. The lowest BCUT2D eigenvalue weighted by molar-refractivity contribution is -0.138. The number of anilines is 3. The van der Waals surface area contributed by atoms with Crippen molar-refractivity contribution in [3.8, 4) is 17.5 Å². The molecule has 1 saturated heterocycles. The second-order valence-corrected chi connectivity index (χ2v) is 16.6. The van der Waals surface area contributed by atoms with Crippen LogP contribution < -0.4 is 15.5 Å². The number of benzene rings is 2. The van der Waals surface area contributed by atoms with Gasteiger partial charge in [-0.25, -0.2) is 14.8 Å². The molecule has 1 aromatic heterocycles. The van der Waals surface area contributed by atoms with Crippen molar-refractivity contribution in [2.24, 2.45) is 0 Å². The Bertz CT molecular complexity index is 1550. The quantitative estimate of drug-likeness (QED) is 0.210. The second-order valence-electron chi connectivity index (χ2n) is 11.8. The van der Waals surface area contributed by atoms with Gasteiger partial charge in [0, 0.05) is 30.0 Å². The monoisotopic (exact) mass is 630 g/mol. The van der Waals surface area contributed by atoms with Gasteiger partial charge in [0.25, 0.3) is 0 Å². The molecular weight excluding hydrogens is 596 g/mol. The van der Waals surface area contributed by atoms with Gasteiger partial charge in [-0.2, -0.15) is 22.8 Å². The Morgan fingerprint density at radius 1 is 1.05 bits per heavy atom. The summed E-state index contributed by atoms with van der Waals surface area (Å²) in [4.78, 5) is 22.7. The number of hydrogen-bond donors (Lipinski definition) is 2. The Hall–Kier alpha value is -4.06. The van der Waals surface area contributed by atoms with Crippen molar-refractivity contribution in [3.05, 3.63) is 65.1 Å². The molecule has 1 aliphatic rings. The van der Waals surface area contributed by atoms with Gasteiger partial charge in [-0.3, -0.25) is 0 Å². The van der Waals surface area contributed by atoms with Gasteiger partial charge in [0.2, 0.25) is 5.82 Å². The summed E-state index contributed by atoms with van der Waals surface area (Å²) in [5, 5.41) is 14.2. The predicted molar refractivity (Wildman–Crippen MR) is 161 cm³/mol. The number of nitrogens with zero attached hydrogens (tertiary/aromatic N) is 4. The number of ether oxygens (including phenoxy) is 1. The van der Waals surface area contributed by atoms with E-state index in [4.69, 9.17) is 9.16 Å². The van der Waals surface area contributed by atoms with E-state index < -0.39 is 37.6 Å². The van der Waals surface area contributed by atoms with Gasteiger partial charge in [0.15, 0.2) is 25.7 Å². The molecule has 4 rings (SSSR count). The van der Waals surface area contributed by atoms with Gasteiger partial charge in [0.05, 0.1) is 25.4 Å². The summed E-state index contributed by atoms with van der Waals surface area (Å²) in [7, 11) is -2.29. The normalized spacial score (nSPS) is 14.2. The number of carbonyl (C=O) groups excluding carboxylic acids is 1. The number of urea groups is 1. The maximum Gasteiger partial charge on any atom is 0.416 e. The highest BCUT2D eigenvalue weighted by Crippen LogP contribution is 2.39. The molecule has 0 unspecified atom stereocenters. The largest absolute Gasteiger partial charge is 0.416 e. The second kappa shape index (κ2) is 12.9. The van der Waals surface area contributed by atoms with Crippen LogP contribution in [0.25, 0.3) is 11.4 Å².